The first-order valence-electron chi connectivity index (χ1n) is 5.17. The van der Waals surface area contributed by atoms with E-state index in [1.54, 1.807) is 0 Å². The van der Waals surface area contributed by atoms with Crippen LogP contribution in [0.5, 0.6) is 0 Å². The second kappa shape index (κ2) is 4.92. The molecule has 0 saturated heterocycles. The quantitative estimate of drug-likeness (QED) is 0.813. The van der Waals surface area contributed by atoms with Crippen molar-refractivity contribution in [3.8, 4) is 0 Å². The summed E-state index contributed by atoms with van der Waals surface area (Å²) >= 11 is 6.86. The third-order valence-corrected chi connectivity index (χ3v) is 6.31. The number of halogens is 1. The van der Waals surface area contributed by atoms with Crippen LogP contribution >= 0.6 is 22.9 Å². The number of benzene rings is 1. The highest BCUT2D eigenvalue weighted by molar-refractivity contribution is 7.93. The summed E-state index contributed by atoms with van der Waals surface area (Å²) in [5.74, 6) is 0.328. The topological polar surface area (TPSA) is 47.0 Å². The molecule has 0 fully saturated rings. The first-order valence-corrected chi connectivity index (χ1v) is 8.17. The van der Waals surface area contributed by atoms with Gasteiger partial charge in [-0.1, -0.05) is 19.1 Å². The molecule has 1 heterocycles. The van der Waals surface area contributed by atoms with Crippen molar-refractivity contribution >= 4 is 43.0 Å². The van der Waals surface area contributed by atoms with Crippen LogP contribution in [0.4, 0.5) is 0 Å². The molecule has 0 bridgehead atoms. The Morgan fingerprint density at radius 1 is 1.41 bits per heavy atom. The number of alkyl halides is 1. The van der Waals surface area contributed by atoms with Crippen LogP contribution in [-0.4, -0.2) is 25.0 Å². The first kappa shape index (κ1) is 12.8. The van der Waals surface area contributed by atoms with Gasteiger partial charge in [0, 0.05) is 5.88 Å². The molecule has 0 aliphatic rings. The van der Waals surface area contributed by atoms with Crippen molar-refractivity contribution in [1.82, 2.24) is 4.98 Å². The highest BCUT2D eigenvalue weighted by Crippen LogP contribution is 2.26. The smallest absolute Gasteiger partial charge is 0.210 e. The summed E-state index contributed by atoms with van der Waals surface area (Å²) in [6.45, 7) is 1.82. The monoisotopic (exact) mass is 289 g/mol. The Morgan fingerprint density at radius 2 is 2.12 bits per heavy atom. The number of sulfone groups is 1. The van der Waals surface area contributed by atoms with Crippen LogP contribution in [0.15, 0.2) is 28.6 Å². The Morgan fingerprint density at radius 3 is 2.76 bits per heavy atom. The maximum Gasteiger partial charge on any atom is 0.210 e. The first-order chi connectivity index (χ1) is 8.03. The molecule has 0 saturated carbocycles. The molecule has 3 nitrogen and oxygen atoms in total. The largest absolute Gasteiger partial charge is 0.225 e. The standard InChI is InChI=1S/C11H12ClNO2S2/c1-8(6-12)7-17(14,15)11-13-9-4-2-3-5-10(9)16-11/h2-5,8H,6-7H2,1H3. The van der Waals surface area contributed by atoms with E-state index in [1.165, 1.54) is 11.3 Å². The van der Waals surface area contributed by atoms with Crippen LogP contribution in [0.3, 0.4) is 0 Å². The van der Waals surface area contributed by atoms with Gasteiger partial charge >= 0.3 is 0 Å². The average Bonchev–Trinajstić information content (AvgIpc) is 2.72. The van der Waals surface area contributed by atoms with E-state index >= 15 is 0 Å². The van der Waals surface area contributed by atoms with Gasteiger partial charge < -0.3 is 0 Å². The van der Waals surface area contributed by atoms with Gasteiger partial charge in [0.15, 0.2) is 0 Å². The number of hydrogen-bond acceptors (Lipinski definition) is 4. The molecule has 0 amide bonds. The zero-order valence-corrected chi connectivity index (χ0v) is 11.6. The van der Waals surface area contributed by atoms with Gasteiger partial charge in [-0.15, -0.1) is 22.9 Å². The lowest BCUT2D eigenvalue weighted by molar-refractivity contribution is 0.582. The van der Waals surface area contributed by atoms with Gasteiger partial charge in [-0.25, -0.2) is 13.4 Å². The van der Waals surface area contributed by atoms with Gasteiger partial charge in [0.25, 0.3) is 0 Å². The molecule has 0 spiro atoms. The summed E-state index contributed by atoms with van der Waals surface area (Å²) in [6.07, 6.45) is 0. The number of aromatic nitrogens is 1. The van der Waals surface area contributed by atoms with Crippen LogP contribution in [-0.2, 0) is 9.84 Å². The van der Waals surface area contributed by atoms with Crippen LogP contribution in [0, 0.1) is 5.92 Å². The van der Waals surface area contributed by atoms with E-state index in [0.717, 1.165) is 10.2 Å². The third kappa shape index (κ3) is 2.78. The SMILES string of the molecule is CC(CCl)CS(=O)(=O)c1nc2ccccc2s1. The minimum absolute atomic E-state index is 0.0519. The number of para-hydroxylation sites is 1. The molecule has 2 rings (SSSR count). The van der Waals surface area contributed by atoms with Gasteiger partial charge in [-0.3, -0.25) is 0 Å². The van der Waals surface area contributed by atoms with Gasteiger partial charge in [0.05, 0.1) is 16.0 Å². The van der Waals surface area contributed by atoms with Crippen LogP contribution in [0.2, 0.25) is 0 Å². The summed E-state index contributed by atoms with van der Waals surface area (Å²) < 4.78 is 25.2. The molecule has 92 valence electrons. The fourth-order valence-corrected chi connectivity index (χ4v) is 4.64. The molecule has 1 aromatic heterocycles. The van der Waals surface area contributed by atoms with E-state index in [1.807, 2.05) is 31.2 Å². The lowest BCUT2D eigenvalue weighted by atomic mass is 10.3. The lowest BCUT2D eigenvalue weighted by Crippen LogP contribution is -2.14. The number of rotatable bonds is 4. The molecule has 0 radical (unpaired) electrons. The van der Waals surface area contributed by atoms with E-state index in [4.69, 9.17) is 11.6 Å². The molecular formula is C11H12ClNO2S2. The molecule has 1 atom stereocenters. The molecule has 1 aromatic carbocycles. The summed E-state index contributed by atoms with van der Waals surface area (Å²) in [4.78, 5) is 4.16. The Bertz CT molecular complexity index is 588. The average molecular weight is 290 g/mol. The Hall–Kier alpha value is -0.650. The summed E-state index contributed by atoms with van der Waals surface area (Å²) in [5.41, 5.74) is 0.731. The number of fused-ring (bicyclic) bond motifs is 1. The van der Waals surface area contributed by atoms with Crippen molar-refractivity contribution in [2.75, 3.05) is 11.6 Å². The molecule has 1 unspecified atom stereocenters. The van der Waals surface area contributed by atoms with Crippen molar-refractivity contribution in [3.05, 3.63) is 24.3 Å². The highest BCUT2D eigenvalue weighted by atomic mass is 35.5. The molecular weight excluding hydrogens is 278 g/mol. The van der Waals surface area contributed by atoms with Gasteiger partial charge in [0.1, 0.15) is 0 Å². The van der Waals surface area contributed by atoms with Gasteiger partial charge in [-0.05, 0) is 18.1 Å². The number of thiazole rings is 1. The Kier molecular flexibility index (Phi) is 3.70. The zero-order valence-electron chi connectivity index (χ0n) is 9.26. The second-order valence-corrected chi connectivity index (χ2v) is 7.54. The maximum atomic E-state index is 12.1. The fraction of sp³-hybridized carbons (Fsp3) is 0.364. The molecule has 0 aliphatic carbocycles. The van der Waals surface area contributed by atoms with Crippen LogP contribution in [0.25, 0.3) is 10.2 Å². The van der Waals surface area contributed by atoms with Crippen molar-refractivity contribution < 1.29 is 8.42 Å². The summed E-state index contributed by atoms with van der Waals surface area (Å²) in [6, 6.07) is 7.41. The number of hydrogen-bond donors (Lipinski definition) is 0. The molecule has 17 heavy (non-hydrogen) atoms. The van der Waals surface area contributed by atoms with Crippen molar-refractivity contribution in [2.24, 2.45) is 5.92 Å². The van der Waals surface area contributed by atoms with E-state index in [-0.39, 0.29) is 16.0 Å². The van der Waals surface area contributed by atoms with E-state index < -0.39 is 9.84 Å². The minimum atomic E-state index is -3.31. The van der Waals surface area contributed by atoms with Gasteiger partial charge in [0.2, 0.25) is 14.2 Å². The molecule has 6 heteroatoms. The Balaban J connectivity index is 2.39. The predicted molar refractivity (Wildman–Crippen MR) is 71.6 cm³/mol. The molecule has 0 N–H and O–H groups in total. The predicted octanol–water partition coefficient (Wildman–Crippen LogP) is 2.94. The third-order valence-electron chi connectivity index (χ3n) is 2.31. The fourth-order valence-electron chi connectivity index (χ4n) is 1.47. The lowest BCUT2D eigenvalue weighted by Gasteiger charge is -2.05. The van der Waals surface area contributed by atoms with Crippen LogP contribution in [0.1, 0.15) is 6.92 Å². The summed E-state index contributed by atoms with van der Waals surface area (Å²) in [7, 11) is -3.31. The van der Waals surface area contributed by atoms with Crippen molar-refractivity contribution in [1.29, 1.82) is 0 Å². The van der Waals surface area contributed by atoms with Crippen LogP contribution < -0.4 is 0 Å². The van der Waals surface area contributed by atoms with Crippen molar-refractivity contribution in [3.63, 3.8) is 0 Å². The molecule has 0 aliphatic heterocycles. The minimum Gasteiger partial charge on any atom is -0.225 e. The zero-order chi connectivity index (χ0) is 12.5. The maximum absolute atomic E-state index is 12.1. The number of nitrogens with zero attached hydrogens (tertiary/aromatic N) is 1. The van der Waals surface area contributed by atoms with Gasteiger partial charge in [-0.2, -0.15) is 0 Å². The highest BCUT2D eigenvalue weighted by Gasteiger charge is 2.22. The van der Waals surface area contributed by atoms with E-state index in [0.29, 0.717) is 5.88 Å². The summed E-state index contributed by atoms with van der Waals surface area (Å²) in [5, 5.41) is 0. The normalized spacial score (nSPS) is 14.0. The Labute approximate surface area is 109 Å². The van der Waals surface area contributed by atoms with E-state index in [9.17, 15) is 8.42 Å². The second-order valence-electron chi connectivity index (χ2n) is 3.99. The molecule has 2 aromatic rings. The van der Waals surface area contributed by atoms with E-state index in [2.05, 4.69) is 4.98 Å². The van der Waals surface area contributed by atoms with Crippen molar-refractivity contribution in [2.45, 2.75) is 11.3 Å².